The van der Waals surface area contributed by atoms with E-state index in [1.54, 1.807) is 18.3 Å². The van der Waals surface area contributed by atoms with Crippen molar-refractivity contribution < 1.29 is 18.8 Å². The number of amides is 2. The highest BCUT2D eigenvalue weighted by Crippen LogP contribution is 2.17. The lowest BCUT2D eigenvalue weighted by Gasteiger charge is -2.10. The summed E-state index contributed by atoms with van der Waals surface area (Å²) in [5.41, 5.74) is 3.20. The van der Waals surface area contributed by atoms with Gasteiger partial charge in [-0.25, -0.2) is 10.4 Å². The second-order valence-corrected chi connectivity index (χ2v) is 5.11. The van der Waals surface area contributed by atoms with Gasteiger partial charge in [0, 0.05) is 30.7 Å². The molecule has 130 valence electrons. The maximum Gasteiger partial charge on any atom is 0.267 e. The highest BCUT2D eigenvalue weighted by atomic mass is 16.5. The third-order valence-corrected chi connectivity index (χ3v) is 3.32. The highest BCUT2D eigenvalue weighted by molar-refractivity contribution is 6.39. The lowest BCUT2D eigenvalue weighted by molar-refractivity contribution is -0.121. The van der Waals surface area contributed by atoms with Crippen LogP contribution in [0.5, 0.6) is 5.88 Å². The second-order valence-electron chi connectivity index (χ2n) is 5.11. The molecule has 2 aromatic rings. The zero-order valence-electron chi connectivity index (χ0n) is 13.5. The molecule has 0 unspecified atom stereocenters. The van der Waals surface area contributed by atoms with E-state index in [9.17, 15) is 9.59 Å². The number of ether oxygens (including phenoxy) is 1. The fourth-order valence-electron chi connectivity index (χ4n) is 2.09. The molecule has 2 amide bonds. The van der Waals surface area contributed by atoms with Gasteiger partial charge in [-0.2, -0.15) is 10.1 Å². The number of nitrogens with zero attached hydrogens (tertiary/aromatic N) is 4. The van der Waals surface area contributed by atoms with Gasteiger partial charge in [0.25, 0.3) is 5.91 Å². The summed E-state index contributed by atoms with van der Waals surface area (Å²) < 4.78 is 10.4. The van der Waals surface area contributed by atoms with Gasteiger partial charge in [-0.3, -0.25) is 9.59 Å². The van der Waals surface area contributed by atoms with E-state index < -0.39 is 0 Å². The number of aromatic nitrogens is 3. The minimum Gasteiger partial charge on any atom is -0.478 e. The minimum atomic E-state index is -0.387. The first-order valence-electron chi connectivity index (χ1n) is 7.71. The molecule has 0 saturated carbocycles. The molecule has 2 N–H and O–H groups in total. The Balaban J connectivity index is 1.58. The number of pyridine rings is 1. The molecule has 10 nitrogen and oxygen atoms in total. The van der Waals surface area contributed by atoms with Gasteiger partial charge < -0.3 is 14.6 Å². The van der Waals surface area contributed by atoms with Gasteiger partial charge in [-0.15, -0.1) is 0 Å². The fraction of sp³-hybridized carbons (Fsp3) is 0.333. The summed E-state index contributed by atoms with van der Waals surface area (Å²) in [6.45, 7) is 2.47. The van der Waals surface area contributed by atoms with Crippen LogP contribution in [0.3, 0.4) is 0 Å². The molecule has 3 rings (SSSR count). The number of hydrogen-bond acceptors (Lipinski definition) is 8. The van der Waals surface area contributed by atoms with Gasteiger partial charge in [0.05, 0.1) is 13.2 Å². The standard InChI is InChI=1S/C15H16N6O4/c1-2-24-12-6-3-9(7-16-12)14-18-13(25-21-14)8-17-15(23)10-4-5-11(22)20-19-10/h3,6-7H,2,4-5,8H2,1H3,(H,17,23)(H,20,22). The monoisotopic (exact) mass is 344 g/mol. The smallest absolute Gasteiger partial charge is 0.267 e. The second kappa shape index (κ2) is 7.51. The number of carbonyl (C=O) groups is 2. The van der Waals surface area contributed by atoms with Gasteiger partial charge in [0.15, 0.2) is 0 Å². The minimum absolute atomic E-state index is 0.0588. The first-order chi connectivity index (χ1) is 12.2. The van der Waals surface area contributed by atoms with E-state index in [0.717, 1.165) is 0 Å². The Kier molecular flexibility index (Phi) is 4.97. The Hall–Kier alpha value is -3.30. The van der Waals surface area contributed by atoms with Gasteiger partial charge in [0.2, 0.25) is 23.5 Å². The van der Waals surface area contributed by atoms with E-state index in [1.165, 1.54) is 0 Å². The van der Waals surface area contributed by atoms with Crippen LogP contribution in [-0.2, 0) is 16.1 Å². The highest BCUT2D eigenvalue weighted by Gasteiger charge is 2.19. The van der Waals surface area contributed by atoms with Crippen molar-refractivity contribution in [3.63, 3.8) is 0 Å². The van der Waals surface area contributed by atoms with Crippen LogP contribution in [0, 0.1) is 0 Å². The summed E-state index contributed by atoms with van der Waals surface area (Å²) in [6, 6.07) is 3.48. The van der Waals surface area contributed by atoms with Crippen LogP contribution >= 0.6 is 0 Å². The van der Waals surface area contributed by atoms with Crippen molar-refractivity contribution in [2.45, 2.75) is 26.3 Å². The molecule has 0 aliphatic carbocycles. The third kappa shape index (κ3) is 4.16. The fourth-order valence-corrected chi connectivity index (χ4v) is 2.09. The number of hydrazone groups is 1. The zero-order chi connectivity index (χ0) is 17.6. The Morgan fingerprint density at radius 1 is 1.40 bits per heavy atom. The normalized spacial score (nSPS) is 13.8. The zero-order valence-corrected chi connectivity index (χ0v) is 13.5. The summed E-state index contributed by atoms with van der Waals surface area (Å²) in [5.74, 6) is 0.534. The molecule has 0 bridgehead atoms. The van der Waals surface area contributed by atoms with Crippen LogP contribution in [0.15, 0.2) is 28.0 Å². The van der Waals surface area contributed by atoms with Gasteiger partial charge >= 0.3 is 0 Å². The van der Waals surface area contributed by atoms with Crippen LogP contribution in [0.2, 0.25) is 0 Å². The number of nitrogens with one attached hydrogen (secondary N) is 2. The van der Waals surface area contributed by atoms with Crippen LogP contribution < -0.4 is 15.5 Å². The number of carbonyl (C=O) groups excluding carboxylic acids is 2. The Morgan fingerprint density at radius 3 is 2.96 bits per heavy atom. The molecular formula is C15H16N6O4. The van der Waals surface area contributed by atoms with Gasteiger partial charge in [-0.1, -0.05) is 5.16 Å². The quantitative estimate of drug-likeness (QED) is 0.776. The van der Waals surface area contributed by atoms with E-state index in [4.69, 9.17) is 9.26 Å². The van der Waals surface area contributed by atoms with Crippen molar-refractivity contribution in [3.8, 4) is 17.3 Å². The summed E-state index contributed by atoms with van der Waals surface area (Å²) >= 11 is 0. The molecular weight excluding hydrogens is 328 g/mol. The third-order valence-electron chi connectivity index (χ3n) is 3.32. The van der Waals surface area contributed by atoms with Crippen molar-refractivity contribution in [2.24, 2.45) is 5.10 Å². The molecule has 0 fully saturated rings. The van der Waals surface area contributed by atoms with Crippen molar-refractivity contribution in [1.29, 1.82) is 0 Å². The van der Waals surface area contributed by atoms with Crippen molar-refractivity contribution in [1.82, 2.24) is 25.9 Å². The molecule has 0 atom stereocenters. The molecule has 10 heteroatoms. The lowest BCUT2D eigenvalue weighted by Crippen LogP contribution is -2.36. The maximum atomic E-state index is 11.9. The predicted octanol–water partition coefficient (Wildman–Crippen LogP) is 0.412. The molecule has 0 saturated heterocycles. The molecule has 0 aromatic carbocycles. The average molecular weight is 344 g/mol. The van der Waals surface area contributed by atoms with Crippen molar-refractivity contribution >= 4 is 17.5 Å². The Morgan fingerprint density at radius 2 is 2.28 bits per heavy atom. The molecule has 0 radical (unpaired) electrons. The van der Waals surface area contributed by atoms with Crippen LogP contribution in [0.1, 0.15) is 25.7 Å². The Bertz CT molecular complexity index is 799. The molecule has 1 aliphatic heterocycles. The SMILES string of the molecule is CCOc1ccc(-c2noc(CNC(=O)C3=NNC(=O)CC3)n2)cn1. The lowest BCUT2D eigenvalue weighted by atomic mass is 10.1. The van der Waals surface area contributed by atoms with E-state index in [-0.39, 0.29) is 36.4 Å². The first-order valence-corrected chi connectivity index (χ1v) is 7.71. The average Bonchev–Trinajstić information content (AvgIpc) is 3.10. The first kappa shape index (κ1) is 16.6. The molecule has 25 heavy (non-hydrogen) atoms. The summed E-state index contributed by atoms with van der Waals surface area (Å²) in [4.78, 5) is 31.3. The summed E-state index contributed by atoms with van der Waals surface area (Å²) in [7, 11) is 0. The van der Waals surface area contributed by atoms with Gasteiger partial charge in [0.1, 0.15) is 5.71 Å². The summed E-state index contributed by atoms with van der Waals surface area (Å²) in [6.07, 6.45) is 2.12. The van der Waals surface area contributed by atoms with E-state index in [2.05, 4.69) is 31.0 Å². The van der Waals surface area contributed by atoms with E-state index >= 15 is 0 Å². The number of hydrogen-bond donors (Lipinski definition) is 2. The van der Waals surface area contributed by atoms with E-state index in [1.807, 2.05) is 6.92 Å². The summed E-state index contributed by atoms with van der Waals surface area (Å²) in [5, 5.41) is 10.2. The van der Waals surface area contributed by atoms with Gasteiger partial charge in [-0.05, 0) is 13.0 Å². The van der Waals surface area contributed by atoms with Crippen LogP contribution in [-0.4, -0.2) is 39.3 Å². The van der Waals surface area contributed by atoms with Crippen LogP contribution in [0.25, 0.3) is 11.4 Å². The maximum absolute atomic E-state index is 11.9. The predicted molar refractivity (Wildman–Crippen MR) is 85.4 cm³/mol. The Labute approximate surface area is 142 Å². The van der Waals surface area contributed by atoms with Crippen LogP contribution in [0.4, 0.5) is 0 Å². The largest absolute Gasteiger partial charge is 0.478 e. The number of rotatable bonds is 6. The van der Waals surface area contributed by atoms with E-state index in [0.29, 0.717) is 30.3 Å². The molecule has 0 spiro atoms. The van der Waals surface area contributed by atoms with Crippen molar-refractivity contribution in [3.05, 3.63) is 24.2 Å². The molecule has 2 aromatic heterocycles. The topological polar surface area (TPSA) is 132 Å². The molecule has 1 aliphatic rings. The van der Waals surface area contributed by atoms with Crippen molar-refractivity contribution in [2.75, 3.05) is 6.61 Å². The molecule has 3 heterocycles.